The summed E-state index contributed by atoms with van der Waals surface area (Å²) in [7, 11) is 0. The Labute approximate surface area is 153 Å². The normalized spacial score (nSPS) is 20.2. The van der Waals surface area contributed by atoms with Crippen molar-refractivity contribution in [2.24, 2.45) is 0 Å². The minimum absolute atomic E-state index is 0.0645. The molecule has 7 nitrogen and oxygen atoms in total. The monoisotopic (exact) mass is 352 g/mol. The molecular weight excluding hydrogens is 328 g/mol. The summed E-state index contributed by atoms with van der Waals surface area (Å²) in [5, 5.41) is 3.13. The Kier molecular flexibility index (Phi) is 4.95. The first kappa shape index (κ1) is 16.8. The second-order valence-corrected chi connectivity index (χ2v) is 6.93. The SMILES string of the molecule is O=C(N[C@@H]1CCCN(c2cc(N3CCCC3)ncn2)C1)c1cccnc1. The van der Waals surface area contributed by atoms with Crippen LogP contribution < -0.4 is 15.1 Å². The van der Waals surface area contributed by atoms with Crippen molar-refractivity contribution in [3.05, 3.63) is 42.5 Å². The van der Waals surface area contributed by atoms with Crippen LogP contribution in [0.15, 0.2) is 36.9 Å². The summed E-state index contributed by atoms with van der Waals surface area (Å²) >= 11 is 0. The lowest BCUT2D eigenvalue weighted by Crippen LogP contribution is -2.48. The number of nitrogens with zero attached hydrogens (tertiary/aromatic N) is 5. The number of carbonyl (C=O) groups is 1. The van der Waals surface area contributed by atoms with Crippen LogP contribution in [0.1, 0.15) is 36.0 Å². The number of pyridine rings is 1. The Morgan fingerprint density at radius 3 is 2.62 bits per heavy atom. The van der Waals surface area contributed by atoms with E-state index in [0.29, 0.717) is 5.56 Å². The lowest BCUT2D eigenvalue weighted by atomic mass is 10.1. The number of piperidine rings is 1. The molecule has 2 aliphatic rings. The van der Waals surface area contributed by atoms with E-state index < -0.39 is 0 Å². The first-order valence-corrected chi connectivity index (χ1v) is 9.32. The molecule has 0 bridgehead atoms. The average molecular weight is 352 g/mol. The predicted molar refractivity (Wildman–Crippen MR) is 100 cm³/mol. The Balaban J connectivity index is 1.42. The third-order valence-corrected chi connectivity index (χ3v) is 5.07. The average Bonchev–Trinajstić information content (AvgIpc) is 3.24. The highest BCUT2D eigenvalue weighted by molar-refractivity contribution is 5.94. The van der Waals surface area contributed by atoms with Crippen LogP contribution in [0.2, 0.25) is 0 Å². The van der Waals surface area contributed by atoms with Crippen LogP contribution in [-0.2, 0) is 0 Å². The third-order valence-electron chi connectivity index (χ3n) is 5.07. The molecule has 0 saturated carbocycles. The molecular formula is C19H24N6O. The van der Waals surface area contributed by atoms with Gasteiger partial charge in [0, 0.05) is 50.7 Å². The van der Waals surface area contributed by atoms with Gasteiger partial charge in [0.15, 0.2) is 0 Å². The van der Waals surface area contributed by atoms with Crippen LogP contribution >= 0.6 is 0 Å². The van der Waals surface area contributed by atoms with E-state index in [2.05, 4.69) is 36.1 Å². The smallest absolute Gasteiger partial charge is 0.253 e. The molecule has 2 saturated heterocycles. The van der Waals surface area contributed by atoms with Gasteiger partial charge in [-0.1, -0.05) is 0 Å². The minimum Gasteiger partial charge on any atom is -0.356 e. The van der Waals surface area contributed by atoms with Crippen molar-refractivity contribution in [1.82, 2.24) is 20.3 Å². The first-order valence-electron chi connectivity index (χ1n) is 9.32. The highest BCUT2D eigenvalue weighted by Crippen LogP contribution is 2.23. The van der Waals surface area contributed by atoms with Crippen molar-refractivity contribution in [2.45, 2.75) is 31.7 Å². The number of hydrogen-bond acceptors (Lipinski definition) is 6. The molecule has 2 aromatic heterocycles. The van der Waals surface area contributed by atoms with Gasteiger partial charge in [-0.3, -0.25) is 9.78 Å². The van der Waals surface area contributed by atoms with E-state index in [-0.39, 0.29) is 11.9 Å². The van der Waals surface area contributed by atoms with E-state index in [9.17, 15) is 4.79 Å². The maximum Gasteiger partial charge on any atom is 0.253 e. The topological polar surface area (TPSA) is 74.2 Å². The summed E-state index contributed by atoms with van der Waals surface area (Å²) in [5.74, 6) is 1.89. The molecule has 1 amide bonds. The number of hydrogen-bond donors (Lipinski definition) is 1. The minimum atomic E-state index is -0.0645. The van der Waals surface area contributed by atoms with Gasteiger partial charge in [-0.25, -0.2) is 9.97 Å². The summed E-state index contributed by atoms with van der Waals surface area (Å²) in [5.41, 5.74) is 0.600. The van der Waals surface area contributed by atoms with E-state index in [1.807, 2.05) is 0 Å². The molecule has 26 heavy (non-hydrogen) atoms. The number of amides is 1. The van der Waals surface area contributed by atoms with Crippen LogP contribution in [0.5, 0.6) is 0 Å². The fourth-order valence-electron chi connectivity index (χ4n) is 3.70. The Morgan fingerprint density at radius 2 is 1.85 bits per heavy atom. The summed E-state index contributed by atoms with van der Waals surface area (Å²) < 4.78 is 0. The fourth-order valence-corrected chi connectivity index (χ4v) is 3.70. The van der Waals surface area contributed by atoms with Gasteiger partial charge >= 0.3 is 0 Å². The number of carbonyl (C=O) groups excluding carboxylic acids is 1. The van der Waals surface area contributed by atoms with Crippen molar-refractivity contribution in [3.8, 4) is 0 Å². The number of anilines is 2. The van der Waals surface area contributed by atoms with E-state index in [1.165, 1.54) is 12.8 Å². The van der Waals surface area contributed by atoms with Crippen molar-refractivity contribution in [1.29, 1.82) is 0 Å². The second kappa shape index (κ2) is 7.68. The van der Waals surface area contributed by atoms with Crippen LogP contribution in [0, 0.1) is 0 Å². The molecule has 0 aliphatic carbocycles. The van der Waals surface area contributed by atoms with Crippen LogP contribution in [0.25, 0.3) is 0 Å². The van der Waals surface area contributed by atoms with Crippen LogP contribution in [-0.4, -0.2) is 53.1 Å². The van der Waals surface area contributed by atoms with E-state index >= 15 is 0 Å². The van der Waals surface area contributed by atoms with Crippen molar-refractivity contribution < 1.29 is 4.79 Å². The van der Waals surface area contributed by atoms with Gasteiger partial charge < -0.3 is 15.1 Å². The Hall–Kier alpha value is -2.70. The lowest BCUT2D eigenvalue weighted by molar-refractivity contribution is 0.0932. The van der Waals surface area contributed by atoms with Gasteiger partial charge in [0.25, 0.3) is 5.91 Å². The summed E-state index contributed by atoms with van der Waals surface area (Å²) in [6.45, 7) is 3.86. The molecule has 0 radical (unpaired) electrons. The highest BCUT2D eigenvalue weighted by atomic mass is 16.1. The van der Waals surface area contributed by atoms with E-state index in [4.69, 9.17) is 0 Å². The van der Waals surface area contributed by atoms with Crippen LogP contribution in [0.3, 0.4) is 0 Å². The lowest BCUT2D eigenvalue weighted by Gasteiger charge is -2.34. The standard InChI is InChI=1S/C19H24N6O/c26-19(15-5-3-7-20-12-15)23-16-6-4-10-25(13-16)18-11-17(21-14-22-18)24-8-1-2-9-24/h3,5,7,11-12,14,16H,1-2,4,6,8-10,13H2,(H,23,26)/t16-/m1/s1. The maximum atomic E-state index is 12.4. The van der Waals surface area contributed by atoms with Gasteiger partial charge in [-0.05, 0) is 37.8 Å². The Morgan fingerprint density at radius 1 is 1.08 bits per heavy atom. The molecule has 7 heteroatoms. The molecule has 2 aliphatic heterocycles. The highest BCUT2D eigenvalue weighted by Gasteiger charge is 2.24. The zero-order chi connectivity index (χ0) is 17.8. The van der Waals surface area contributed by atoms with Crippen molar-refractivity contribution in [3.63, 3.8) is 0 Å². The number of rotatable bonds is 4. The predicted octanol–water partition coefficient (Wildman–Crippen LogP) is 1.87. The quantitative estimate of drug-likeness (QED) is 0.905. The molecule has 4 heterocycles. The molecule has 1 N–H and O–H groups in total. The molecule has 0 unspecified atom stereocenters. The molecule has 2 aromatic rings. The molecule has 1 atom stereocenters. The van der Waals surface area contributed by atoms with Gasteiger partial charge in [-0.15, -0.1) is 0 Å². The fraction of sp³-hybridized carbons (Fsp3) is 0.474. The largest absolute Gasteiger partial charge is 0.356 e. The summed E-state index contributed by atoms with van der Waals surface area (Å²) in [6, 6.07) is 5.76. The second-order valence-electron chi connectivity index (χ2n) is 6.93. The maximum absolute atomic E-state index is 12.4. The Bertz CT molecular complexity index is 747. The third kappa shape index (κ3) is 3.76. The van der Waals surface area contributed by atoms with Gasteiger partial charge in [0.2, 0.25) is 0 Å². The van der Waals surface area contributed by atoms with Gasteiger partial charge in [0.1, 0.15) is 18.0 Å². The van der Waals surface area contributed by atoms with E-state index in [0.717, 1.165) is 50.7 Å². The van der Waals surface area contributed by atoms with Gasteiger partial charge in [-0.2, -0.15) is 0 Å². The van der Waals surface area contributed by atoms with Crippen molar-refractivity contribution >= 4 is 17.5 Å². The summed E-state index contributed by atoms with van der Waals surface area (Å²) in [4.78, 5) is 29.9. The summed E-state index contributed by atoms with van der Waals surface area (Å²) in [6.07, 6.45) is 9.39. The molecule has 0 aromatic carbocycles. The van der Waals surface area contributed by atoms with Gasteiger partial charge in [0.05, 0.1) is 5.56 Å². The zero-order valence-corrected chi connectivity index (χ0v) is 14.8. The van der Waals surface area contributed by atoms with Crippen molar-refractivity contribution in [2.75, 3.05) is 36.0 Å². The first-order chi connectivity index (χ1) is 12.8. The van der Waals surface area contributed by atoms with E-state index in [1.54, 1.807) is 30.9 Å². The molecule has 2 fully saturated rings. The molecule has 0 spiro atoms. The number of nitrogens with one attached hydrogen (secondary N) is 1. The zero-order valence-electron chi connectivity index (χ0n) is 14.8. The number of aromatic nitrogens is 3. The molecule has 4 rings (SSSR count). The van der Waals surface area contributed by atoms with Crippen LogP contribution in [0.4, 0.5) is 11.6 Å². The molecule has 136 valence electrons.